The minimum Gasteiger partial charge on any atom is -0.378 e. The fraction of sp³-hybridized carbons (Fsp3) is 0.667. The van der Waals surface area contributed by atoms with E-state index in [1.54, 1.807) is 11.1 Å². The average Bonchev–Trinajstić information content (AvgIpc) is 2.15. The van der Waals surface area contributed by atoms with Gasteiger partial charge in [0, 0.05) is 19.3 Å². The van der Waals surface area contributed by atoms with E-state index < -0.39 is 0 Å². The van der Waals surface area contributed by atoms with E-state index in [0.717, 1.165) is 5.57 Å². The van der Waals surface area contributed by atoms with Gasteiger partial charge in [0.1, 0.15) is 0 Å². The molecule has 1 fully saturated rings. The number of morpholine rings is 1. The molecule has 0 atom stereocenters. The van der Waals surface area contributed by atoms with E-state index in [0.29, 0.717) is 26.3 Å². The van der Waals surface area contributed by atoms with E-state index in [2.05, 4.69) is 5.32 Å². The van der Waals surface area contributed by atoms with Crippen molar-refractivity contribution >= 4 is 6.03 Å². The lowest BCUT2D eigenvalue weighted by Gasteiger charge is -2.26. The van der Waals surface area contributed by atoms with E-state index in [-0.39, 0.29) is 6.03 Å². The van der Waals surface area contributed by atoms with Crippen LogP contribution in [0.15, 0.2) is 11.8 Å². The zero-order valence-electron chi connectivity index (χ0n) is 8.17. The maximum Gasteiger partial charge on any atom is 0.321 e. The summed E-state index contributed by atoms with van der Waals surface area (Å²) in [5.74, 6) is 0. The van der Waals surface area contributed by atoms with Crippen LogP contribution in [-0.2, 0) is 4.74 Å². The maximum atomic E-state index is 11.4. The van der Waals surface area contributed by atoms with Gasteiger partial charge >= 0.3 is 6.03 Å². The highest BCUT2D eigenvalue weighted by Gasteiger charge is 2.14. The van der Waals surface area contributed by atoms with Gasteiger partial charge in [-0.25, -0.2) is 4.79 Å². The van der Waals surface area contributed by atoms with Gasteiger partial charge in [0.2, 0.25) is 0 Å². The van der Waals surface area contributed by atoms with E-state index >= 15 is 0 Å². The summed E-state index contributed by atoms with van der Waals surface area (Å²) in [6.45, 7) is 6.54. The largest absolute Gasteiger partial charge is 0.378 e. The van der Waals surface area contributed by atoms with E-state index in [9.17, 15) is 4.79 Å². The van der Waals surface area contributed by atoms with Crippen molar-refractivity contribution in [1.82, 2.24) is 10.2 Å². The second-order valence-corrected chi connectivity index (χ2v) is 3.27. The number of ether oxygens (including phenoxy) is 1. The third kappa shape index (κ3) is 3.46. The summed E-state index contributed by atoms with van der Waals surface area (Å²) in [5.41, 5.74) is 1.08. The fourth-order valence-corrected chi connectivity index (χ4v) is 1.06. The number of nitrogens with one attached hydrogen (secondary N) is 1. The first-order valence-electron chi connectivity index (χ1n) is 4.46. The van der Waals surface area contributed by atoms with Gasteiger partial charge in [-0.3, -0.25) is 0 Å². The molecule has 0 aliphatic carbocycles. The topological polar surface area (TPSA) is 41.6 Å². The molecule has 2 amide bonds. The Morgan fingerprint density at radius 3 is 2.54 bits per heavy atom. The van der Waals surface area contributed by atoms with Crippen molar-refractivity contribution in [3.05, 3.63) is 11.8 Å². The molecule has 0 spiro atoms. The van der Waals surface area contributed by atoms with Crippen molar-refractivity contribution in [1.29, 1.82) is 0 Å². The van der Waals surface area contributed by atoms with Gasteiger partial charge in [0.05, 0.1) is 13.2 Å². The van der Waals surface area contributed by atoms with Gasteiger partial charge < -0.3 is 15.0 Å². The van der Waals surface area contributed by atoms with Crippen LogP contribution >= 0.6 is 0 Å². The summed E-state index contributed by atoms with van der Waals surface area (Å²) >= 11 is 0. The van der Waals surface area contributed by atoms with E-state index in [1.165, 1.54) is 0 Å². The number of carbonyl (C=O) groups is 1. The van der Waals surface area contributed by atoms with Crippen molar-refractivity contribution in [3.8, 4) is 0 Å². The molecule has 0 aromatic rings. The Bertz CT molecular complexity index is 204. The van der Waals surface area contributed by atoms with E-state index in [1.807, 2.05) is 13.8 Å². The zero-order valence-corrected chi connectivity index (χ0v) is 8.17. The zero-order chi connectivity index (χ0) is 9.68. The van der Waals surface area contributed by atoms with Crippen molar-refractivity contribution < 1.29 is 9.53 Å². The quantitative estimate of drug-likeness (QED) is 0.659. The number of hydrogen-bond donors (Lipinski definition) is 1. The van der Waals surface area contributed by atoms with Crippen LogP contribution in [0.2, 0.25) is 0 Å². The smallest absolute Gasteiger partial charge is 0.321 e. The molecule has 1 rings (SSSR count). The van der Waals surface area contributed by atoms with Gasteiger partial charge in [-0.2, -0.15) is 0 Å². The Morgan fingerprint density at radius 2 is 2.00 bits per heavy atom. The van der Waals surface area contributed by atoms with Gasteiger partial charge in [-0.1, -0.05) is 5.57 Å². The number of amides is 2. The van der Waals surface area contributed by atoms with Crippen LogP contribution in [0.1, 0.15) is 13.8 Å². The molecule has 0 aromatic heterocycles. The van der Waals surface area contributed by atoms with Crippen molar-refractivity contribution in [2.24, 2.45) is 0 Å². The SMILES string of the molecule is CC(C)=CNC(=O)N1CCOCC1. The lowest BCUT2D eigenvalue weighted by molar-refractivity contribution is 0.0540. The van der Waals surface area contributed by atoms with Gasteiger partial charge in [0.25, 0.3) is 0 Å². The summed E-state index contributed by atoms with van der Waals surface area (Å²) in [5, 5.41) is 2.72. The summed E-state index contributed by atoms with van der Waals surface area (Å²) in [4.78, 5) is 13.2. The Balaban J connectivity index is 2.33. The molecule has 1 N–H and O–H groups in total. The third-order valence-electron chi connectivity index (χ3n) is 1.78. The van der Waals surface area contributed by atoms with Gasteiger partial charge in [-0.15, -0.1) is 0 Å². The van der Waals surface area contributed by atoms with Gasteiger partial charge in [-0.05, 0) is 13.8 Å². The Labute approximate surface area is 78.5 Å². The molecule has 0 saturated carbocycles. The highest BCUT2D eigenvalue weighted by Crippen LogP contribution is 1.97. The molecule has 0 aromatic carbocycles. The minimum atomic E-state index is -0.0375. The first-order chi connectivity index (χ1) is 6.20. The van der Waals surface area contributed by atoms with Crippen LogP contribution < -0.4 is 5.32 Å². The monoisotopic (exact) mass is 184 g/mol. The van der Waals surface area contributed by atoms with Crippen molar-refractivity contribution in [2.45, 2.75) is 13.8 Å². The van der Waals surface area contributed by atoms with Crippen LogP contribution in [-0.4, -0.2) is 37.2 Å². The second-order valence-electron chi connectivity index (χ2n) is 3.27. The van der Waals surface area contributed by atoms with Crippen molar-refractivity contribution in [3.63, 3.8) is 0 Å². The summed E-state index contributed by atoms with van der Waals surface area (Å²) in [6.07, 6.45) is 1.72. The lowest BCUT2D eigenvalue weighted by Crippen LogP contribution is -2.44. The Kier molecular flexibility index (Phi) is 3.76. The predicted molar refractivity (Wildman–Crippen MR) is 50.4 cm³/mol. The standard InChI is InChI=1S/C9H16N2O2/c1-8(2)7-10-9(12)11-3-5-13-6-4-11/h7H,3-6H2,1-2H3,(H,10,12). The van der Waals surface area contributed by atoms with Crippen LogP contribution in [0.5, 0.6) is 0 Å². The minimum absolute atomic E-state index is 0.0375. The predicted octanol–water partition coefficient (Wildman–Crippen LogP) is 0.952. The lowest BCUT2D eigenvalue weighted by atomic mass is 10.4. The van der Waals surface area contributed by atoms with Crippen LogP contribution in [0.25, 0.3) is 0 Å². The second kappa shape index (κ2) is 4.87. The molecular weight excluding hydrogens is 168 g/mol. The number of urea groups is 1. The molecule has 1 aliphatic heterocycles. The van der Waals surface area contributed by atoms with Crippen LogP contribution in [0, 0.1) is 0 Å². The Hall–Kier alpha value is -1.03. The summed E-state index contributed by atoms with van der Waals surface area (Å²) < 4.78 is 5.14. The molecule has 74 valence electrons. The molecule has 0 unspecified atom stereocenters. The molecule has 0 radical (unpaired) electrons. The van der Waals surface area contributed by atoms with Gasteiger partial charge in [0.15, 0.2) is 0 Å². The number of nitrogens with zero attached hydrogens (tertiary/aromatic N) is 1. The highest BCUT2D eigenvalue weighted by molar-refractivity contribution is 5.75. The van der Waals surface area contributed by atoms with E-state index in [4.69, 9.17) is 4.74 Å². The molecule has 4 heteroatoms. The molecule has 1 heterocycles. The average molecular weight is 184 g/mol. The number of hydrogen-bond acceptors (Lipinski definition) is 2. The number of carbonyl (C=O) groups excluding carboxylic acids is 1. The number of allylic oxidation sites excluding steroid dienone is 1. The fourth-order valence-electron chi connectivity index (χ4n) is 1.06. The number of rotatable bonds is 1. The Morgan fingerprint density at radius 1 is 1.38 bits per heavy atom. The molecule has 4 nitrogen and oxygen atoms in total. The molecule has 0 bridgehead atoms. The van der Waals surface area contributed by atoms with Crippen LogP contribution in [0.3, 0.4) is 0 Å². The third-order valence-corrected chi connectivity index (χ3v) is 1.78. The first-order valence-corrected chi connectivity index (χ1v) is 4.46. The summed E-state index contributed by atoms with van der Waals surface area (Å²) in [6, 6.07) is -0.0375. The summed E-state index contributed by atoms with van der Waals surface area (Å²) in [7, 11) is 0. The molecule has 1 aliphatic rings. The highest BCUT2D eigenvalue weighted by atomic mass is 16.5. The molecule has 1 saturated heterocycles. The maximum absolute atomic E-state index is 11.4. The van der Waals surface area contributed by atoms with Crippen molar-refractivity contribution in [2.75, 3.05) is 26.3 Å². The normalized spacial score (nSPS) is 16.6. The molecule has 13 heavy (non-hydrogen) atoms. The van der Waals surface area contributed by atoms with Crippen LogP contribution in [0.4, 0.5) is 4.79 Å². The molecular formula is C9H16N2O2. The first kappa shape index (κ1) is 10.1.